The number of fused-ring (bicyclic) bond motifs is 4. The predicted molar refractivity (Wildman–Crippen MR) is 196 cm³/mol. The van der Waals surface area contributed by atoms with Crippen molar-refractivity contribution in [3.8, 4) is 11.5 Å². The third-order valence-electron chi connectivity index (χ3n) is 7.45. The fourth-order valence-corrected chi connectivity index (χ4v) is 5.47. The van der Waals surface area contributed by atoms with Crippen molar-refractivity contribution in [2.45, 2.75) is 26.7 Å². The van der Waals surface area contributed by atoms with Crippen LogP contribution in [0.4, 0.5) is 0 Å². The SMILES string of the molecule is CCCOc1cccc(C2=C3C=CC(=N3)C=C3C=CC(=N3)C(c3cccc(OCCC)c3)=C3C=CC(=N3)C=C3C=CC2=N3)c1.CNC. The van der Waals surface area contributed by atoms with E-state index in [0.717, 1.165) is 92.2 Å². The van der Waals surface area contributed by atoms with Crippen molar-refractivity contribution in [1.82, 2.24) is 5.32 Å². The van der Waals surface area contributed by atoms with Crippen LogP contribution in [0.15, 0.2) is 152 Å². The molecule has 236 valence electrons. The molecule has 5 heterocycles. The average Bonchev–Trinajstić information content (AvgIpc) is 3.91. The molecule has 5 aliphatic heterocycles. The molecule has 0 unspecified atom stereocenters. The van der Waals surface area contributed by atoms with Crippen molar-refractivity contribution >= 4 is 34.0 Å². The highest BCUT2D eigenvalue weighted by Crippen LogP contribution is 2.34. The Kier molecular flexibility index (Phi) is 9.94. The maximum atomic E-state index is 5.96. The topological polar surface area (TPSA) is 79.9 Å². The van der Waals surface area contributed by atoms with Crippen LogP contribution in [0.2, 0.25) is 0 Å². The van der Waals surface area contributed by atoms with E-state index in [2.05, 4.69) is 43.4 Å². The summed E-state index contributed by atoms with van der Waals surface area (Å²) < 4.78 is 11.9. The summed E-state index contributed by atoms with van der Waals surface area (Å²) in [4.78, 5) is 20.1. The molecular formula is C40H39N5O2. The van der Waals surface area contributed by atoms with Gasteiger partial charge in [-0.1, -0.05) is 38.1 Å². The summed E-state index contributed by atoms with van der Waals surface area (Å²) in [5.74, 6) is 1.66. The molecule has 0 radical (unpaired) electrons. The lowest BCUT2D eigenvalue weighted by atomic mass is 9.98. The minimum atomic E-state index is 0.667. The Morgan fingerprint density at radius 1 is 0.553 bits per heavy atom. The number of hydrogen-bond acceptors (Lipinski definition) is 7. The van der Waals surface area contributed by atoms with E-state index in [9.17, 15) is 0 Å². The van der Waals surface area contributed by atoms with Crippen molar-refractivity contribution in [2.75, 3.05) is 27.3 Å². The van der Waals surface area contributed by atoms with Crippen LogP contribution in [0.3, 0.4) is 0 Å². The molecule has 8 bridgehead atoms. The van der Waals surface area contributed by atoms with E-state index in [4.69, 9.17) is 29.4 Å². The first-order valence-electron chi connectivity index (χ1n) is 16.1. The molecule has 2 aromatic carbocycles. The maximum Gasteiger partial charge on any atom is 0.119 e. The van der Waals surface area contributed by atoms with E-state index in [-0.39, 0.29) is 0 Å². The number of benzene rings is 2. The van der Waals surface area contributed by atoms with Gasteiger partial charge >= 0.3 is 0 Å². The van der Waals surface area contributed by atoms with Gasteiger partial charge in [0, 0.05) is 11.1 Å². The lowest BCUT2D eigenvalue weighted by Gasteiger charge is -2.11. The zero-order chi connectivity index (χ0) is 32.6. The molecule has 0 saturated carbocycles. The third-order valence-corrected chi connectivity index (χ3v) is 7.45. The van der Waals surface area contributed by atoms with Crippen LogP contribution in [-0.4, -0.2) is 50.2 Å². The molecule has 7 nitrogen and oxygen atoms in total. The van der Waals surface area contributed by atoms with Crippen molar-refractivity contribution in [1.29, 1.82) is 0 Å². The van der Waals surface area contributed by atoms with Gasteiger partial charge < -0.3 is 14.8 Å². The lowest BCUT2D eigenvalue weighted by Crippen LogP contribution is -2.02. The molecule has 1 N–H and O–H groups in total. The van der Waals surface area contributed by atoms with E-state index >= 15 is 0 Å². The standard InChI is InChI=1S/C38H32N4O2.C2H7N/c1-3-19-43-31-9-5-7-25(21-31)37-33-15-11-27(39-33)23-29-13-17-35(41-29)38(26-8-6-10-32(22-26)44-20-4-2)36-18-14-30(42-36)24-28-12-16-34(37)40-28;1-3-2/h5-18,21-24H,3-4,19-20H2,1-2H3;3H,1-2H3. The van der Waals surface area contributed by atoms with Gasteiger partial charge in [-0.3, -0.25) is 0 Å². The molecule has 0 spiro atoms. The van der Waals surface area contributed by atoms with Gasteiger partial charge in [-0.05, 0) is 123 Å². The molecule has 5 aliphatic rings. The second-order valence-electron chi connectivity index (χ2n) is 11.3. The van der Waals surface area contributed by atoms with Crippen molar-refractivity contribution < 1.29 is 9.47 Å². The molecule has 2 aromatic rings. The van der Waals surface area contributed by atoms with Crippen LogP contribution in [0.25, 0.3) is 11.1 Å². The zero-order valence-electron chi connectivity index (χ0n) is 27.3. The molecule has 0 atom stereocenters. The first-order chi connectivity index (χ1) is 23.1. The van der Waals surface area contributed by atoms with Gasteiger partial charge in [-0.2, -0.15) is 0 Å². The highest BCUT2D eigenvalue weighted by atomic mass is 16.5. The fourth-order valence-electron chi connectivity index (χ4n) is 5.47. The summed E-state index contributed by atoms with van der Waals surface area (Å²) in [5, 5.41) is 2.75. The van der Waals surface area contributed by atoms with E-state index in [0.29, 0.717) is 13.2 Å². The molecular weight excluding hydrogens is 582 g/mol. The molecule has 7 rings (SSSR count). The second kappa shape index (κ2) is 14.8. The Morgan fingerprint density at radius 2 is 1.00 bits per heavy atom. The minimum absolute atomic E-state index is 0.667. The summed E-state index contributed by atoms with van der Waals surface area (Å²) in [5.41, 5.74) is 10.6. The summed E-state index contributed by atoms with van der Waals surface area (Å²) >= 11 is 0. The van der Waals surface area contributed by atoms with Crippen LogP contribution in [0.1, 0.15) is 37.8 Å². The van der Waals surface area contributed by atoms with Gasteiger partial charge in [0.15, 0.2) is 0 Å². The molecule has 47 heavy (non-hydrogen) atoms. The van der Waals surface area contributed by atoms with Gasteiger partial charge in [-0.15, -0.1) is 0 Å². The van der Waals surface area contributed by atoms with Crippen molar-refractivity contribution in [3.05, 3.63) is 143 Å². The van der Waals surface area contributed by atoms with Gasteiger partial charge in [0.05, 0.1) is 58.8 Å². The average molecular weight is 622 g/mol. The number of aliphatic imine (C=N–C) groups is 4. The Bertz CT molecular complexity index is 1800. The monoisotopic (exact) mass is 621 g/mol. The van der Waals surface area contributed by atoms with Crippen LogP contribution < -0.4 is 14.8 Å². The number of nitrogens with one attached hydrogen (secondary N) is 1. The minimum Gasteiger partial charge on any atom is -0.494 e. The lowest BCUT2D eigenvalue weighted by molar-refractivity contribution is 0.317. The van der Waals surface area contributed by atoms with Crippen LogP contribution in [0, 0.1) is 0 Å². The summed E-state index contributed by atoms with van der Waals surface area (Å²) in [7, 11) is 3.75. The van der Waals surface area contributed by atoms with Crippen LogP contribution >= 0.6 is 0 Å². The van der Waals surface area contributed by atoms with E-state index < -0.39 is 0 Å². The first-order valence-corrected chi connectivity index (χ1v) is 16.1. The van der Waals surface area contributed by atoms with E-state index in [1.54, 1.807) is 0 Å². The summed E-state index contributed by atoms with van der Waals surface area (Å²) in [6, 6.07) is 16.3. The number of rotatable bonds is 8. The Labute approximate surface area is 277 Å². The van der Waals surface area contributed by atoms with Gasteiger partial charge in [-0.25, -0.2) is 20.0 Å². The van der Waals surface area contributed by atoms with Crippen molar-refractivity contribution in [2.24, 2.45) is 20.0 Å². The maximum absolute atomic E-state index is 5.96. The Morgan fingerprint density at radius 3 is 1.43 bits per heavy atom. The Hall–Kier alpha value is -5.40. The first kappa shape index (κ1) is 31.6. The second-order valence-corrected chi connectivity index (χ2v) is 11.3. The van der Waals surface area contributed by atoms with Gasteiger partial charge in [0.1, 0.15) is 11.5 Å². The number of allylic oxidation sites excluding steroid dienone is 12. The summed E-state index contributed by atoms with van der Waals surface area (Å²) in [6.07, 6.45) is 22.2. The quantitative estimate of drug-likeness (QED) is 0.324. The number of nitrogens with zero attached hydrogens (tertiary/aromatic N) is 4. The van der Waals surface area contributed by atoms with Gasteiger partial charge in [0.25, 0.3) is 0 Å². The zero-order valence-corrected chi connectivity index (χ0v) is 27.3. The van der Waals surface area contributed by atoms with Crippen LogP contribution in [0.5, 0.6) is 11.5 Å². The summed E-state index contributed by atoms with van der Waals surface area (Å²) in [6.45, 7) is 5.54. The van der Waals surface area contributed by atoms with E-state index in [1.807, 2.05) is 99.1 Å². The molecule has 0 saturated heterocycles. The molecule has 0 fully saturated rings. The normalized spacial score (nSPS) is 17.2. The number of ether oxygens (including phenoxy) is 2. The highest BCUT2D eigenvalue weighted by Gasteiger charge is 2.22. The highest BCUT2D eigenvalue weighted by molar-refractivity contribution is 6.34. The molecule has 0 aromatic heterocycles. The predicted octanol–water partition coefficient (Wildman–Crippen LogP) is 8.05. The molecule has 7 heteroatoms. The smallest absolute Gasteiger partial charge is 0.119 e. The molecule has 0 aliphatic carbocycles. The van der Waals surface area contributed by atoms with Crippen LogP contribution in [-0.2, 0) is 0 Å². The third kappa shape index (κ3) is 7.37. The number of hydrogen-bond donors (Lipinski definition) is 1. The fraction of sp³-hybridized carbons (Fsp3) is 0.200. The van der Waals surface area contributed by atoms with Gasteiger partial charge in [0.2, 0.25) is 0 Å². The largest absolute Gasteiger partial charge is 0.494 e. The van der Waals surface area contributed by atoms with Crippen molar-refractivity contribution in [3.63, 3.8) is 0 Å². The van der Waals surface area contributed by atoms with E-state index in [1.165, 1.54) is 0 Å². The molecule has 0 amide bonds. The Balaban J connectivity index is 0.00000124.